The number of hydrogen-bond donors (Lipinski definition) is 1. The summed E-state index contributed by atoms with van der Waals surface area (Å²) in [5.41, 5.74) is 0. The second kappa shape index (κ2) is 20.3. The van der Waals surface area contributed by atoms with Crippen molar-refractivity contribution in [3.05, 3.63) is 0 Å². The summed E-state index contributed by atoms with van der Waals surface area (Å²) in [4.78, 5) is 0. The van der Waals surface area contributed by atoms with Crippen LogP contribution in [-0.4, -0.2) is 44.8 Å². The normalized spacial score (nSPS) is 13.1. The van der Waals surface area contributed by atoms with Gasteiger partial charge in [0.25, 0.3) is 0 Å². The molecule has 0 aromatic rings. The van der Waals surface area contributed by atoms with Crippen molar-refractivity contribution in [3.63, 3.8) is 0 Å². The first-order chi connectivity index (χ1) is 13.6. The SMILES string of the molecule is CCCCCCCCCCCCCCCCOC[C@@H](O)CCP(=O)(OC)OC. The van der Waals surface area contributed by atoms with Crippen molar-refractivity contribution in [3.8, 4) is 0 Å². The summed E-state index contributed by atoms with van der Waals surface area (Å²) in [6.45, 7) is 3.24. The van der Waals surface area contributed by atoms with E-state index >= 15 is 0 Å². The van der Waals surface area contributed by atoms with E-state index in [-0.39, 0.29) is 12.8 Å². The van der Waals surface area contributed by atoms with E-state index < -0.39 is 13.7 Å². The highest BCUT2D eigenvalue weighted by molar-refractivity contribution is 7.53. The summed E-state index contributed by atoms with van der Waals surface area (Å²) in [7, 11) is -0.299. The van der Waals surface area contributed by atoms with E-state index in [9.17, 15) is 9.67 Å². The first-order valence-corrected chi connectivity index (χ1v) is 13.3. The lowest BCUT2D eigenvalue weighted by Gasteiger charge is -2.16. The molecule has 1 N–H and O–H groups in total. The number of rotatable bonds is 22. The molecule has 0 aliphatic rings. The molecule has 0 amide bonds. The summed E-state index contributed by atoms with van der Waals surface area (Å²) in [6, 6.07) is 0. The second-order valence-corrected chi connectivity index (χ2v) is 10.2. The minimum absolute atomic E-state index is 0.212. The van der Waals surface area contributed by atoms with Gasteiger partial charge in [-0.1, -0.05) is 90.4 Å². The molecule has 0 aromatic heterocycles. The van der Waals surface area contributed by atoms with Gasteiger partial charge in [-0.25, -0.2) is 0 Å². The predicted molar refractivity (Wildman–Crippen MR) is 118 cm³/mol. The van der Waals surface area contributed by atoms with Crippen molar-refractivity contribution in [1.29, 1.82) is 0 Å². The number of ether oxygens (including phenoxy) is 1. The number of hydrogen-bond acceptors (Lipinski definition) is 5. The third-order valence-corrected chi connectivity index (χ3v) is 7.16. The zero-order valence-corrected chi connectivity index (χ0v) is 19.7. The van der Waals surface area contributed by atoms with Crippen molar-refractivity contribution >= 4 is 7.60 Å². The van der Waals surface area contributed by atoms with Gasteiger partial charge in [0.2, 0.25) is 0 Å². The van der Waals surface area contributed by atoms with E-state index in [2.05, 4.69) is 6.92 Å². The van der Waals surface area contributed by atoms with Crippen molar-refractivity contribution in [1.82, 2.24) is 0 Å². The average molecular weight is 423 g/mol. The molecule has 0 spiro atoms. The maximum Gasteiger partial charge on any atom is 0.330 e. The quantitative estimate of drug-likeness (QED) is 0.155. The Morgan fingerprint density at radius 2 is 1.18 bits per heavy atom. The topological polar surface area (TPSA) is 65.0 Å². The molecular weight excluding hydrogens is 375 g/mol. The van der Waals surface area contributed by atoms with Crippen molar-refractivity contribution in [2.45, 2.75) is 109 Å². The molecule has 0 aliphatic carbocycles. The molecule has 0 bridgehead atoms. The van der Waals surface area contributed by atoms with E-state index in [0.717, 1.165) is 6.42 Å². The maximum absolute atomic E-state index is 11.9. The summed E-state index contributed by atoms with van der Waals surface area (Å²) in [5.74, 6) is 0. The van der Waals surface area contributed by atoms with Gasteiger partial charge in [-0.05, 0) is 12.8 Å². The molecule has 6 heteroatoms. The second-order valence-electron chi connectivity index (χ2n) is 7.81. The zero-order chi connectivity index (χ0) is 20.9. The van der Waals surface area contributed by atoms with Gasteiger partial charge < -0.3 is 18.9 Å². The van der Waals surface area contributed by atoms with Crippen LogP contribution in [0.3, 0.4) is 0 Å². The van der Waals surface area contributed by atoms with Gasteiger partial charge in [0.05, 0.1) is 18.9 Å². The van der Waals surface area contributed by atoms with Gasteiger partial charge in [-0.2, -0.15) is 0 Å². The van der Waals surface area contributed by atoms with Crippen LogP contribution in [0.15, 0.2) is 0 Å². The summed E-state index contributed by atoms with van der Waals surface area (Å²) in [5, 5.41) is 9.86. The lowest BCUT2D eigenvalue weighted by Crippen LogP contribution is -2.17. The third-order valence-electron chi connectivity index (χ3n) is 5.24. The van der Waals surface area contributed by atoms with Crippen LogP contribution in [-0.2, 0) is 18.3 Å². The fourth-order valence-corrected chi connectivity index (χ4v) is 4.39. The van der Waals surface area contributed by atoms with E-state index in [4.69, 9.17) is 13.8 Å². The molecule has 0 radical (unpaired) electrons. The molecule has 0 aliphatic heterocycles. The van der Waals surface area contributed by atoms with Crippen LogP contribution in [0.2, 0.25) is 0 Å². The highest BCUT2D eigenvalue weighted by Crippen LogP contribution is 2.46. The molecule has 0 unspecified atom stereocenters. The van der Waals surface area contributed by atoms with Crippen LogP contribution in [0, 0.1) is 0 Å². The highest BCUT2D eigenvalue weighted by atomic mass is 31.2. The van der Waals surface area contributed by atoms with Crippen LogP contribution < -0.4 is 0 Å². The Balaban J connectivity index is 3.26. The molecule has 0 heterocycles. The van der Waals surface area contributed by atoms with Crippen molar-refractivity contribution in [2.75, 3.05) is 33.6 Å². The Hall–Kier alpha value is 0.0700. The fraction of sp³-hybridized carbons (Fsp3) is 1.00. The largest absolute Gasteiger partial charge is 0.391 e. The molecule has 170 valence electrons. The molecule has 28 heavy (non-hydrogen) atoms. The number of aliphatic hydroxyl groups is 1. The van der Waals surface area contributed by atoms with Gasteiger partial charge in [-0.3, -0.25) is 4.57 Å². The summed E-state index contributed by atoms with van der Waals surface area (Å²) < 4.78 is 27.1. The smallest absolute Gasteiger partial charge is 0.330 e. The van der Waals surface area contributed by atoms with E-state index in [1.54, 1.807) is 0 Å². The zero-order valence-electron chi connectivity index (χ0n) is 18.8. The lowest BCUT2D eigenvalue weighted by atomic mass is 10.0. The van der Waals surface area contributed by atoms with Gasteiger partial charge >= 0.3 is 7.60 Å². The highest BCUT2D eigenvalue weighted by Gasteiger charge is 2.22. The summed E-state index contributed by atoms with van der Waals surface area (Å²) in [6.07, 6.45) is 18.7. The maximum atomic E-state index is 11.9. The molecular formula is C22H47O5P. The van der Waals surface area contributed by atoms with Crippen molar-refractivity contribution < 1.29 is 23.5 Å². The predicted octanol–water partition coefficient (Wildman–Crippen LogP) is 6.72. The van der Waals surface area contributed by atoms with Crippen LogP contribution in [0.25, 0.3) is 0 Å². The molecule has 5 nitrogen and oxygen atoms in total. The Bertz CT molecular complexity index is 357. The average Bonchev–Trinajstić information content (AvgIpc) is 2.71. The van der Waals surface area contributed by atoms with Crippen molar-refractivity contribution in [2.24, 2.45) is 0 Å². The summed E-state index contributed by atoms with van der Waals surface area (Å²) >= 11 is 0. The molecule has 0 rings (SSSR count). The molecule has 0 saturated carbocycles. The van der Waals surface area contributed by atoms with E-state index in [1.807, 2.05) is 0 Å². The first-order valence-electron chi connectivity index (χ1n) is 11.5. The van der Waals surface area contributed by atoms with Gasteiger partial charge in [0, 0.05) is 20.8 Å². The monoisotopic (exact) mass is 422 g/mol. The Labute approximate surface area is 174 Å². The lowest BCUT2D eigenvalue weighted by molar-refractivity contribution is 0.0331. The Kier molecular flexibility index (Phi) is 20.4. The fourth-order valence-electron chi connectivity index (χ4n) is 3.27. The first kappa shape index (κ1) is 28.1. The van der Waals surface area contributed by atoms with Crippen LogP contribution >= 0.6 is 7.60 Å². The van der Waals surface area contributed by atoms with Gasteiger partial charge in [0.1, 0.15) is 0 Å². The van der Waals surface area contributed by atoms with Gasteiger partial charge in [0.15, 0.2) is 0 Å². The minimum Gasteiger partial charge on any atom is -0.391 e. The molecule has 0 saturated heterocycles. The number of aliphatic hydroxyl groups excluding tert-OH is 1. The van der Waals surface area contributed by atoms with E-state index in [1.165, 1.54) is 97.7 Å². The Morgan fingerprint density at radius 3 is 1.61 bits per heavy atom. The molecule has 0 aromatic carbocycles. The Morgan fingerprint density at radius 1 is 0.750 bits per heavy atom. The van der Waals surface area contributed by atoms with Gasteiger partial charge in [-0.15, -0.1) is 0 Å². The van der Waals surface area contributed by atoms with E-state index in [0.29, 0.717) is 13.0 Å². The standard InChI is InChI=1S/C22H47O5P/c1-4-5-6-7-8-9-10-11-12-13-14-15-16-17-19-27-21-22(23)18-20-28(24,25-2)26-3/h22-23H,4-21H2,1-3H3/t22-/m0/s1. The van der Waals surface area contributed by atoms with Crippen LogP contribution in [0.1, 0.15) is 103 Å². The van der Waals surface area contributed by atoms with Crippen LogP contribution in [0.5, 0.6) is 0 Å². The molecule has 1 atom stereocenters. The molecule has 0 fully saturated rings. The number of unbranched alkanes of at least 4 members (excludes halogenated alkanes) is 13. The third kappa shape index (κ3) is 18.1. The minimum atomic E-state index is -3.03. The van der Waals surface area contributed by atoms with Crippen LogP contribution in [0.4, 0.5) is 0 Å².